The van der Waals surface area contributed by atoms with Crippen LogP contribution in [0.15, 0.2) is 58.3 Å². The second-order valence-corrected chi connectivity index (χ2v) is 7.88. The van der Waals surface area contributed by atoms with Crippen LogP contribution in [0, 0.1) is 0 Å². The first kappa shape index (κ1) is 20.9. The number of rotatable bonds is 4. The molecule has 2 aliphatic heterocycles. The maximum atomic E-state index is 13.1. The number of aliphatic hydroxyl groups is 1. The van der Waals surface area contributed by atoms with Crippen molar-refractivity contribution in [2.75, 3.05) is 23.4 Å². The number of nitrogens with zero attached hydrogens (tertiary/aromatic N) is 2. The molecule has 1 fully saturated rings. The van der Waals surface area contributed by atoms with Crippen LogP contribution in [0.5, 0.6) is 0 Å². The van der Waals surface area contributed by atoms with Gasteiger partial charge in [-0.2, -0.15) is 0 Å². The van der Waals surface area contributed by atoms with Crippen molar-refractivity contribution in [3.63, 3.8) is 0 Å². The van der Waals surface area contributed by atoms with E-state index in [1.54, 1.807) is 42.5 Å². The van der Waals surface area contributed by atoms with Crippen molar-refractivity contribution in [1.29, 1.82) is 0 Å². The maximum absolute atomic E-state index is 13.1. The van der Waals surface area contributed by atoms with Crippen molar-refractivity contribution in [3.05, 3.63) is 70.0 Å². The Balaban J connectivity index is 1.32. The third-order valence-electron chi connectivity index (χ3n) is 5.76. The zero-order valence-corrected chi connectivity index (χ0v) is 17.4. The number of aliphatic hydroxyl groups excluding tert-OH is 1. The van der Waals surface area contributed by atoms with E-state index in [1.807, 2.05) is 0 Å². The van der Waals surface area contributed by atoms with Gasteiger partial charge in [0.15, 0.2) is 12.2 Å². The highest BCUT2D eigenvalue weighted by Gasteiger charge is 2.39. The molecule has 2 aliphatic rings. The van der Waals surface area contributed by atoms with E-state index in [0.717, 1.165) is 16.5 Å². The molecular weight excluding hydrogens is 426 g/mol. The molecule has 1 saturated heterocycles. The topological polar surface area (TPSA) is 150 Å². The Bertz CT molecular complexity index is 1360. The first-order valence-electron chi connectivity index (χ1n) is 10.4. The number of aliphatic imine (C=N–C) groups is 1. The number of pyridine rings is 1. The third-order valence-corrected chi connectivity index (χ3v) is 5.76. The molecule has 1 unspecified atom stereocenters. The summed E-state index contributed by atoms with van der Waals surface area (Å²) in [5.74, 6) is -0.829. The maximum Gasteiger partial charge on any atom is 0.259 e. The van der Waals surface area contributed by atoms with Gasteiger partial charge in [-0.15, -0.1) is 0 Å². The molecule has 1 aromatic heterocycles. The number of H-pyrrole nitrogens is 1. The number of morpholine rings is 1. The molecular formula is C23H21N5O5. The molecule has 0 bridgehead atoms. The summed E-state index contributed by atoms with van der Waals surface area (Å²) in [5, 5.41) is 14.0. The summed E-state index contributed by atoms with van der Waals surface area (Å²) >= 11 is 0. The Labute approximate surface area is 187 Å². The number of fused-ring (bicyclic) bond motifs is 2. The van der Waals surface area contributed by atoms with Crippen molar-refractivity contribution in [3.8, 4) is 0 Å². The first-order chi connectivity index (χ1) is 15.9. The summed E-state index contributed by atoms with van der Waals surface area (Å²) in [4.78, 5) is 45.6. The molecule has 10 nitrogen and oxygen atoms in total. The van der Waals surface area contributed by atoms with Gasteiger partial charge in [0.05, 0.1) is 13.2 Å². The average Bonchev–Trinajstić information content (AvgIpc) is 3.18. The molecule has 5 N–H and O–H groups in total. The van der Waals surface area contributed by atoms with E-state index in [0.29, 0.717) is 29.3 Å². The van der Waals surface area contributed by atoms with Crippen molar-refractivity contribution in [1.82, 2.24) is 4.98 Å². The number of amidine groups is 1. The number of carbonyl (C=O) groups excluding carboxylic acids is 2. The van der Waals surface area contributed by atoms with Crippen LogP contribution in [-0.2, 0) is 20.9 Å². The Morgan fingerprint density at radius 1 is 1.21 bits per heavy atom. The smallest absolute Gasteiger partial charge is 0.259 e. The molecule has 2 atom stereocenters. The van der Waals surface area contributed by atoms with Crippen LogP contribution in [0.4, 0.5) is 11.4 Å². The molecule has 0 spiro atoms. The van der Waals surface area contributed by atoms with Crippen LogP contribution < -0.4 is 21.5 Å². The molecule has 0 radical (unpaired) electrons. The third kappa shape index (κ3) is 3.86. The Morgan fingerprint density at radius 3 is 2.91 bits per heavy atom. The van der Waals surface area contributed by atoms with E-state index in [4.69, 9.17) is 10.5 Å². The fourth-order valence-electron chi connectivity index (χ4n) is 4.06. The lowest BCUT2D eigenvalue weighted by molar-refractivity contribution is -0.150. The summed E-state index contributed by atoms with van der Waals surface area (Å²) < 4.78 is 5.47. The zero-order valence-electron chi connectivity index (χ0n) is 17.4. The number of ether oxygens (including phenoxy) is 1. The molecule has 5 rings (SSSR count). The number of aromatic amines is 1. The van der Waals surface area contributed by atoms with Gasteiger partial charge in [0.25, 0.3) is 11.8 Å². The van der Waals surface area contributed by atoms with Gasteiger partial charge in [0.2, 0.25) is 5.56 Å². The number of anilines is 2. The Hall–Kier alpha value is -4.02. The average molecular weight is 447 g/mol. The molecule has 10 heteroatoms. The monoisotopic (exact) mass is 447 g/mol. The summed E-state index contributed by atoms with van der Waals surface area (Å²) in [6.45, 7) is 0.844. The van der Waals surface area contributed by atoms with E-state index in [9.17, 15) is 19.5 Å². The number of hydrogen-bond acceptors (Lipinski definition) is 7. The highest BCUT2D eigenvalue weighted by atomic mass is 16.5. The fraction of sp³-hybridized carbons (Fsp3) is 0.217. The summed E-state index contributed by atoms with van der Waals surface area (Å²) in [5.41, 5.74) is 8.96. The minimum atomic E-state index is -1.70. The largest absolute Gasteiger partial charge is 0.383 e. The minimum Gasteiger partial charge on any atom is -0.383 e. The summed E-state index contributed by atoms with van der Waals surface area (Å²) in [6, 6.07) is 13.4. The number of amides is 2. The number of nitrogens with two attached hydrogens (primary N) is 1. The van der Waals surface area contributed by atoms with Crippen molar-refractivity contribution < 1.29 is 19.4 Å². The van der Waals surface area contributed by atoms with E-state index in [2.05, 4.69) is 15.3 Å². The minimum absolute atomic E-state index is 0.153. The van der Waals surface area contributed by atoms with Crippen LogP contribution in [0.25, 0.3) is 10.9 Å². The Kier molecular flexibility index (Phi) is 5.15. The van der Waals surface area contributed by atoms with Gasteiger partial charge in [-0.05, 0) is 48.0 Å². The zero-order chi connectivity index (χ0) is 23.1. The molecule has 0 saturated carbocycles. The number of aromatic nitrogens is 1. The van der Waals surface area contributed by atoms with Gasteiger partial charge in [-0.3, -0.25) is 19.4 Å². The number of benzene rings is 2. The molecule has 168 valence electrons. The standard InChI is InChI=1S/C23H21N5O5/c24-21-16-4-2-14(9-13(16)11-25-21)26-22(31)19(30)20-23(32)28(7-8-33-20)15-3-5-17-12(10-15)1-6-18(29)27-17/h1-6,9-10,19-20,30H,7-8,11H2,(H2,24,25)(H,26,31)(H,27,29)/t19-,20?/m1/s1. The number of nitrogens with one attached hydrogen (secondary N) is 2. The molecule has 3 aromatic rings. The van der Waals surface area contributed by atoms with Gasteiger partial charge in [0, 0.05) is 40.5 Å². The predicted octanol–water partition coefficient (Wildman–Crippen LogP) is 0.478. The van der Waals surface area contributed by atoms with Gasteiger partial charge >= 0.3 is 0 Å². The number of carbonyl (C=O) groups is 2. The van der Waals surface area contributed by atoms with Crippen molar-refractivity contribution in [2.24, 2.45) is 10.7 Å². The van der Waals surface area contributed by atoms with E-state index in [1.165, 1.54) is 11.0 Å². The van der Waals surface area contributed by atoms with Crippen LogP contribution >= 0.6 is 0 Å². The van der Waals surface area contributed by atoms with Gasteiger partial charge < -0.3 is 30.8 Å². The van der Waals surface area contributed by atoms with Crippen LogP contribution in [-0.4, -0.2) is 53.1 Å². The molecule has 2 amide bonds. The van der Waals surface area contributed by atoms with E-state index >= 15 is 0 Å². The quantitative estimate of drug-likeness (QED) is 0.457. The van der Waals surface area contributed by atoms with E-state index < -0.39 is 24.0 Å². The van der Waals surface area contributed by atoms with Crippen LogP contribution in [0.3, 0.4) is 0 Å². The van der Waals surface area contributed by atoms with Crippen molar-refractivity contribution in [2.45, 2.75) is 18.8 Å². The summed E-state index contributed by atoms with van der Waals surface area (Å²) in [7, 11) is 0. The first-order valence-corrected chi connectivity index (χ1v) is 10.4. The highest BCUT2D eigenvalue weighted by molar-refractivity contribution is 6.05. The normalized spacial score (nSPS) is 18.7. The lowest BCUT2D eigenvalue weighted by Gasteiger charge is -2.34. The molecule has 2 aromatic carbocycles. The number of hydrogen-bond donors (Lipinski definition) is 4. The molecule has 3 heterocycles. The van der Waals surface area contributed by atoms with Crippen molar-refractivity contribution >= 4 is 39.9 Å². The lowest BCUT2D eigenvalue weighted by atomic mass is 10.1. The van der Waals surface area contributed by atoms with Gasteiger partial charge in [0.1, 0.15) is 5.84 Å². The lowest BCUT2D eigenvalue weighted by Crippen LogP contribution is -2.55. The fourth-order valence-corrected chi connectivity index (χ4v) is 4.06. The second kappa shape index (κ2) is 8.15. The Morgan fingerprint density at radius 2 is 2.06 bits per heavy atom. The summed E-state index contributed by atoms with van der Waals surface area (Å²) in [6.07, 6.45) is -3.05. The van der Waals surface area contributed by atoms with E-state index in [-0.39, 0.29) is 18.7 Å². The second-order valence-electron chi connectivity index (χ2n) is 7.88. The predicted molar refractivity (Wildman–Crippen MR) is 122 cm³/mol. The van der Waals surface area contributed by atoms with Gasteiger partial charge in [-0.1, -0.05) is 0 Å². The van der Waals surface area contributed by atoms with Gasteiger partial charge in [-0.25, -0.2) is 0 Å². The highest BCUT2D eigenvalue weighted by Crippen LogP contribution is 2.25. The molecule has 33 heavy (non-hydrogen) atoms. The molecule has 0 aliphatic carbocycles. The van der Waals surface area contributed by atoms with Crippen LogP contribution in [0.1, 0.15) is 11.1 Å². The van der Waals surface area contributed by atoms with Crippen LogP contribution in [0.2, 0.25) is 0 Å². The SMILES string of the molecule is NC1=NCc2cc(NC(=O)[C@H](O)C3OCCN(c4ccc5[nH]c(=O)ccc5c4)C3=O)ccc21.